The van der Waals surface area contributed by atoms with Gasteiger partial charge in [0.1, 0.15) is 5.78 Å². The highest BCUT2D eigenvalue weighted by Crippen LogP contribution is 2.68. The lowest BCUT2D eigenvalue weighted by atomic mass is 9.44. The van der Waals surface area contributed by atoms with Gasteiger partial charge in [-0.3, -0.25) is 9.59 Å². The van der Waals surface area contributed by atoms with Gasteiger partial charge in [0.25, 0.3) is 0 Å². The van der Waals surface area contributed by atoms with Crippen molar-refractivity contribution in [3.8, 4) is 0 Å². The smallest absolute Gasteiger partial charge is 0.303 e. The second-order valence-corrected chi connectivity index (χ2v) is 11.1. The van der Waals surface area contributed by atoms with E-state index in [-0.39, 0.29) is 23.4 Å². The summed E-state index contributed by atoms with van der Waals surface area (Å²) in [5, 5.41) is 20.5. The Morgan fingerprint density at radius 2 is 1.93 bits per heavy atom. The van der Waals surface area contributed by atoms with Gasteiger partial charge in [0.2, 0.25) is 0 Å². The van der Waals surface area contributed by atoms with Crippen molar-refractivity contribution in [2.45, 2.75) is 91.1 Å². The highest BCUT2D eigenvalue weighted by molar-refractivity contribution is 5.79. The number of carboxylic acid groups (broad SMARTS) is 1. The lowest BCUT2D eigenvalue weighted by Crippen LogP contribution is -2.58. The maximum Gasteiger partial charge on any atom is 0.303 e. The molecular formula is C24H38O4. The van der Waals surface area contributed by atoms with Crippen LogP contribution in [0.25, 0.3) is 0 Å². The Hall–Kier alpha value is -0.900. The Morgan fingerprint density at radius 1 is 1.18 bits per heavy atom. The van der Waals surface area contributed by atoms with Crippen LogP contribution < -0.4 is 0 Å². The predicted molar refractivity (Wildman–Crippen MR) is 108 cm³/mol. The number of Topliss-reactive ketones (excluding diaryl/α,β-unsaturated/α-hetero) is 1. The normalized spacial score (nSPS) is 49.1. The summed E-state index contributed by atoms with van der Waals surface area (Å²) in [5.74, 6) is 2.76. The number of aliphatic carboxylic acids is 1. The first-order chi connectivity index (χ1) is 13.2. The molecule has 0 radical (unpaired) electrons. The van der Waals surface area contributed by atoms with E-state index in [9.17, 15) is 14.7 Å². The molecule has 4 fully saturated rings. The number of carboxylic acids is 1. The van der Waals surface area contributed by atoms with Crippen molar-refractivity contribution in [2.24, 2.45) is 46.3 Å². The van der Waals surface area contributed by atoms with Crippen LogP contribution in [0.5, 0.6) is 0 Å². The van der Waals surface area contributed by atoms with Gasteiger partial charge in [-0.05, 0) is 91.3 Å². The monoisotopic (exact) mass is 390 g/mol. The summed E-state index contributed by atoms with van der Waals surface area (Å²) in [4.78, 5) is 23.1. The summed E-state index contributed by atoms with van der Waals surface area (Å²) in [6.07, 6.45) is 8.69. The molecule has 4 saturated carbocycles. The van der Waals surface area contributed by atoms with Crippen molar-refractivity contribution in [1.29, 1.82) is 0 Å². The minimum atomic E-state index is -0.714. The van der Waals surface area contributed by atoms with E-state index < -0.39 is 5.97 Å². The van der Waals surface area contributed by atoms with Gasteiger partial charge in [-0.15, -0.1) is 0 Å². The summed E-state index contributed by atoms with van der Waals surface area (Å²) in [5.41, 5.74) is 0.138. The third kappa shape index (κ3) is 2.97. The van der Waals surface area contributed by atoms with E-state index >= 15 is 0 Å². The fraction of sp³-hybridized carbons (Fsp3) is 0.917. The Balaban J connectivity index is 1.57. The second kappa shape index (κ2) is 7.11. The molecule has 4 nitrogen and oxygen atoms in total. The lowest BCUT2D eigenvalue weighted by Gasteiger charge is -2.62. The van der Waals surface area contributed by atoms with Crippen LogP contribution >= 0.6 is 0 Å². The highest BCUT2D eigenvalue weighted by Gasteiger charge is 2.63. The number of rotatable bonds is 4. The van der Waals surface area contributed by atoms with Crippen LogP contribution in [0.1, 0.15) is 85.0 Å². The van der Waals surface area contributed by atoms with Gasteiger partial charge in [0.15, 0.2) is 0 Å². The van der Waals surface area contributed by atoms with Crippen molar-refractivity contribution >= 4 is 11.8 Å². The van der Waals surface area contributed by atoms with Crippen molar-refractivity contribution in [2.75, 3.05) is 0 Å². The number of hydrogen-bond acceptors (Lipinski definition) is 3. The zero-order chi connectivity index (χ0) is 20.3. The largest absolute Gasteiger partial charge is 0.481 e. The maximum atomic E-state index is 12.1. The third-order valence-electron chi connectivity index (χ3n) is 10.2. The summed E-state index contributed by atoms with van der Waals surface area (Å²) < 4.78 is 0. The molecule has 0 bridgehead atoms. The van der Waals surface area contributed by atoms with Crippen LogP contribution in [0.3, 0.4) is 0 Å². The van der Waals surface area contributed by atoms with Gasteiger partial charge in [0, 0.05) is 19.3 Å². The summed E-state index contributed by atoms with van der Waals surface area (Å²) in [7, 11) is 0. The average molecular weight is 391 g/mol. The molecular weight excluding hydrogens is 352 g/mol. The minimum absolute atomic E-state index is 0.0766. The van der Waals surface area contributed by atoms with Crippen molar-refractivity contribution in [3.63, 3.8) is 0 Å². The Bertz CT molecular complexity index is 645. The highest BCUT2D eigenvalue weighted by atomic mass is 16.4. The van der Waals surface area contributed by atoms with Crippen LogP contribution in [0.2, 0.25) is 0 Å². The SMILES string of the molecule is CC(CCC(=O)O)C1CCC2C3CCC4CC(=O)CCC4(C)C3CC(O)C12C. The first-order valence-corrected chi connectivity index (χ1v) is 11.6. The quantitative estimate of drug-likeness (QED) is 0.730. The van der Waals surface area contributed by atoms with Gasteiger partial charge < -0.3 is 10.2 Å². The number of hydrogen-bond donors (Lipinski definition) is 2. The zero-order valence-corrected chi connectivity index (χ0v) is 17.8. The molecule has 28 heavy (non-hydrogen) atoms. The molecule has 9 unspecified atom stereocenters. The van der Waals surface area contributed by atoms with Crippen LogP contribution in [-0.4, -0.2) is 28.1 Å². The molecule has 0 aliphatic heterocycles. The standard InChI is InChI=1S/C24H38O4/c1-14(4-9-22(27)28)18-7-8-19-17-6-5-15-12-16(25)10-11-23(15,2)20(17)13-21(26)24(18,19)3/h14-15,17-21,26H,4-13H2,1-3H3,(H,27,28). The van der Waals surface area contributed by atoms with E-state index in [4.69, 9.17) is 5.11 Å². The molecule has 4 aliphatic carbocycles. The van der Waals surface area contributed by atoms with Crippen molar-refractivity contribution < 1.29 is 19.8 Å². The van der Waals surface area contributed by atoms with Gasteiger partial charge in [-0.1, -0.05) is 20.8 Å². The predicted octanol–water partition coefficient (Wildman–Crippen LogP) is 4.69. The number of aliphatic hydroxyl groups excluding tert-OH is 1. The first kappa shape index (κ1) is 20.4. The molecule has 0 spiro atoms. The van der Waals surface area contributed by atoms with E-state index in [0.29, 0.717) is 47.7 Å². The molecule has 0 heterocycles. The fourth-order valence-electron chi connectivity index (χ4n) is 8.52. The Kier molecular flexibility index (Phi) is 5.17. The van der Waals surface area contributed by atoms with E-state index in [0.717, 1.165) is 32.1 Å². The minimum Gasteiger partial charge on any atom is -0.481 e. The zero-order valence-electron chi connectivity index (χ0n) is 17.8. The van der Waals surface area contributed by atoms with Gasteiger partial charge in [0.05, 0.1) is 6.10 Å². The van der Waals surface area contributed by atoms with Crippen LogP contribution in [0.15, 0.2) is 0 Å². The lowest BCUT2D eigenvalue weighted by molar-refractivity contribution is -0.171. The number of fused-ring (bicyclic) bond motifs is 5. The third-order valence-corrected chi connectivity index (χ3v) is 10.2. The average Bonchev–Trinajstić information content (AvgIpc) is 3.00. The molecule has 2 N–H and O–H groups in total. The Morgan fingerprint density at radius 3 is 2.64 bits per heavy atom. The number of aliphatic hydroxyl groups is 1. The summed E-state index contributed by atoms with van der Waals surface area (Å²) in [6.45, 7) is 6.93. The van der Waals surface area contributed by atoms with E-state index in [1.807, 2.05) is 0 Å². The number of carbonyl (C=O) groups is 2. The van der Waals surface area contributed by atoms with Crippen LogP contribution in [0.4, 0.5) is 0 Å². The van der Waals surface area contributed by atoms with Crippen molar-refractivity contribution in [3.05, 3.63) is 0 Å². The van der Waals surface area contributed by atoms with Gasteiger partial charge in [-0.25, -0.2) is 0 Å². The molecule has 4 aliphatic rings. The molecule has 0 saturated heterocycles. The fourth-order valence-corrected chi connectivity index (χ4v) is 8.52. The molecule has 4 rings (SSSR count). The van der Waals surface area contributed by atoms with Crippen LogP contribution in [0, 0.1) is 46.3 Å². The molecule has 0 aromatic rings. The molecule has 9 atom stereocenters. The molecule has 0 aromatic carbocycles. The molecule has 4 heteroatoms. The molecule has 158 valence electrons. The van der Waals surface area contributed by atoms with Crippen molar-refractivity contribution in [1.82, 2.24) is 0 Å². The van der Waals surface area contributed by atoms with Crippen LogP contribution in [-0.2, 0) is 9.59 Å². The van der Waals surface area contributed by atoms with Gasteiger partial charge in [-0.2, -0.15) is 0 Å². The summed E-state index contributed by atoms with van der Waals surface area (Å²) >= 11 is 0. The van der Waals surface area contributed by atoms with E-state index in [2.05, 4.69) is 20.8 Å². The first-order valence-electron chi connectivity index (χ1n) is 11.6. The second-order valence-electron chi connectivity index (χ2n) is 11.1. The topological polar surface area (TPSA) is 74.6 Å². The Labute approximate surface area is 169 Å². The number of ketones is 1. The maximum absolute atomic E-state index is 12.1. The van der Waals surface area contributed by atoms with E-state index in [1.54, 1.807) is 0 Å². The van der Waals surface area contributed by atoms with Gasteiger partial charge >= 0.3 is 5.97 Å². The number of carbonyl (C=O) groups excluding carboxylic acids is 1. The summed E-state index contributed by atoms with van der Waals surface area (Å²) in [6, 6.07) is 0. The molecule has 0 amide bonds. The van der Waals surface area contributed by atoms with E-state index in [1.165, 1.54) is 19.3 Å². The molecule has 0 aromatic heterocycles.